The number of carbonyl (C=O) groups is 1. The lowest BCUT2D eigenvalue weighted by Crippen LogP contribution is -2.14. The summed E-state index contributed by atoms with van der Waals surface area (Å²) in [5, 5.41) is 8.82. The van der Waals surface area contributed by atoms with Crippen molar-refractivity contribution in [3.05, 3.63) is 0 Å². The summed E-state index contributed by atoms with van der Waals surface area (Å²) in [7, 11) is 0. The van der Waals surface area contributed by atoms with Crippen LogP contribution in [0.25, 0.3) is 0 Å². The molecule has 0 aliphatic rings. The second kappa shape index (κ2) is 2.49. The van der Waals surface area contributed by atoms with Crippen LogP contribution in [0.5, 0.6) is 0 Å². The van der Waals surface area contributed by atoms with Crippen LogP contribution in [0.15, 0.2) is 0 Å². The quantitative estimate of drug-likeness (QED) is 0.352. The maximum absolute atomic E-state index is 9.57. The Labute approximate surface area is 48.5 Å². The summed E-state index contributed by atoms with van der Waals surface area (Å²) >= 11 is 0. The summed E-state index contributed by atoms with van der Waals surface area (Å²) < 4.78 is 0. The Bertz CT molecular complexity index is 131. The average Bonchev–Trinajstić information content (AvgIpc) is 1.59. The highest BCUT2D eigenvalue weighted by atomic mass is 16.3. The second-order valence-electron chi connectivity index (χ2n) is 1.95. The molecule has 8 heavy (non-hydrogen) atoms. The summed E-state index contributed by atoms with van der Waals surface area (Å²) in [6.45, 7) is 3.03. The first-order valence-corrected chi connectivity index (χ1v) is 2.25. The monoisotopic (exact) mass is 112 g/mol. The zero-order chi connectivity index (χ0) is 6.62. The van der Waals surface area contributed by atoms with Gasteiger partial charge in [-0.05, 0) is 19.8 Å². The van der Waals surface area contributed by atoms with E-state index in [2.05, 4.69) is 11.8 Å². The van der Waals surface area contributed by atoms with Crippen molar-refractivity contribution < 1.29 is 9.90 Å². The van der Waals surface area contributed by atoms with Crippen LogP contribution in [0, 0.1) is 11.8 Å². The third kappa shape index (κ3) is 5.19. The largest absolute Gasteiger partial charge is 0.378 e. The molecule has 0 spiro atoms. The molecule has 0 rings (SSSR count). The average molecular weight is 112 g/mol. The van der Waals surface area contributed by atoms with E-state index in [4.69, 9.17) is 5.11 Å². The summed E-state index contributed by atoms with van der Waals surface area (Å²) in [6, 6.07) is 0. The molecular weight excluding hydrogens is 104 g/mol. The Morgan fingerprint density at radius 3 is 2.25 bits per heavy atom. The van der Waals surface area contributed by atoms with E-state index < -0.39 is 5.60 Å². The van der Waals surface area contributed by atoms with Gasteiger partial charge < -0.3 is 5.11 Å². The van der Waals surface area contributed by atoms with Crippen LogP contribution in [0.1, 0.15) is 13.8 Å². The highest BCUT2D eigenvalue weighted by Gasteiger charge is 2.04. The zero-order valence-corrected chi connectivity index (χ0v) is 4.93. The maximum atomic E-state index is 9.57. The van der Waals surface area contributed by atoms with Gasteiger partial charge in [0.15, 0.2) is 6.29 Å². The molecule has 0 aliphatic heterocycles. The van der Waals surface area contributed by atoms with Gasteiger partial charge in [-0.15, -0.1) is 0 Å². The SMILES string of the molecule is CC(C)(O)C#CC=O. The van der Waals surface area contributed by atoms with Crippen LogP contribution >= 0.6 is 0 Å². The van der Waals surface area contributed by atoms with Gasteiger partial charge in [0, 0.05) is 0 Å². The topological polar surface area (TPSA) is 37.3 Å². The van der Waals surface area contributed by atoms with E-state index in [0.717, 1.165) is 0 Å². The highest BCUT2D eigenvalue weighted by molar-refractivity contribution is 5.72. The third-order valence-electron chi connectivity index (χ3n) is 0.437. The van der Waals surface area contributed by atoms with Crippen LogP contribution in [-0.2, 0) is 4.79 Å². The van der Waals surface area contributed by atoms with Crippen LogP contribution in [0.3, 0.4) is 0 Å². The molecule has 0 aromatic carbocycles. The van der Waals surface area contributed by atoms with Crippen molar-refractivity contribution in [3.8, 4) is 11.8 Å². The highest BCUT2D eigenvalue weighted by Crippen LogP contribution is 1.94. The van der Waals surface area contributed by atoms with Gasteiger partial charge in [-0.2, -0.15) is 0 Å². The number of hydrogen-bond donors (Lipinski definition) is 1. The van der Waals surface area contributed by atoms with Crippen molar-refractivity contribution in [3.63, 3.8) is 0 Å². The molecule has 0 saturated heterocycles. The van der Waals surface area contributed by atoms with Crippen LogP contribution < -0.4 is 0 Å². The molecule has 0 amide bonds. The minimum absolute atomic E-state index is 0.456. The normalized spacial score (nSPS) is 9.38. The predicted octanol–water partition coefficient (Wildman–Crippen LogP) is -0.0404. The first-order chi connectivity index (χ1) is 3.56. The van der Waals surface area contributed by atoms with Gasteiger partial charge in [0.1, 0.15) is 5.60 Å². The summed E-state index contributed by atoms with van der Waals surface area (Å²) in [6.07, 6.45) is 0.456. The van der Waals surface area contributed by atoms with E-state index in [1.165, 1.54) is 13.8 Å². The molecule has 2 heteroatoms. The van der Waals surface area contributed by atoms with Gasteiger partial charge >= 0.3 is 0 Å². The maximum Gasteiger partial charge on any atom is 0.192 e. The van der Waals surface area contributed by atoms with Crippen LogP contribution in [0.2, 0.25) is 0 Å². The first-order valence-electron chi connectivity index (χ1n) is 2.25. The molecule has 44 valence electrons. The molecule has 0 radical (unpaired) electrons. The Morgan fingerprint density at radius 2 is 2.12 bits per heavy atom. The Kier molecular flexibility index (Phi) is 2.23. The second-order valence-corrected chi connectivity index (χ2v) is 1.95. The lowest BCUT2D eigenvalue weighted by molar-refractivity contribution is -0.103. The fraction of sp³-hybridized carbons (Fsp3) is 0.500. The van der Waals surface area contributed by atoms with E-state index in [1.54, 1.807) is 0 Å². The van der Waals surface area contributed by atoms with Gasteiger partial charge in [0.25, 0.3) is 0 Å². The van der Waals surface area contributed by atoms with Crippen molar-refractivity contribution in [1.82, 2.24) is 0 Å². The van der Waals surface area contributed by atoms with Gasteiger partial charge in [0.2, 0.25) is 0 Å². The Balaban J connectivity index is 3.87. The van der Waals surface area contributed by atoms with Gasteiger partial charge in [-0.1, -0.05) is 5.92 Å². The molecule has 0 aliphatic carbocycles. The number of rotatable bonds is 0. The molecule has 0 atom stereocenters. The molecule has 0 unspecified atom stereocenters. The van der Waals surface area contributed by atoms with Gasteiger partial charge in [-0.3, -0.25) is 4.79 Å². The molecule has 2 nitrogen and oxygen atoms in total. The van der Waals surface area contributed by atoms with Crippen LogP contribution in [0.4, 0.5) is 0 Å². The molecule has 0 saturated carbocycles. The lowest BCUT2D eigenvalue weighted by Gasteiger charge is -2.04. The van der Waals surface area contributed by atoms with Crippen molar-refractivity contribution in [2.45, 2.75) is 19.4 Å². The third-order valence-corrected chi connectivity index (χ3v) is 0.437. The minimum Gasteiger partial charge on any atom is -0.378 e. The van der Waals surface area contributed by atoms with Gasteiger partial charge in [-0.25, -0.2) is 0 Å². The van der Waals surface area contributed by atoms with Crippen molar-refractivity contribution >= 4 is 6.29 Å². The van der Waals surface area contributed by atoms with Crippen LogP contribution in [-0.4, -0.2) is 17.0 Å². The van der Waals surface area contributed by atoms with Crippen molar-refractivity contribution in [1.29, 1.82) is 0 Å². The lowest BCUT2D eigenvalue weighted by atomic mass is 10.1. The fourth-order valence-electron chi connectivity index (χ4n) is 0.206. The van der Waals surface area contributed by atoms with Crippen molar-refractivity contribution in [2.75, 3.05) is 0 Å². The Morgan fingerprint density at radius 1 is 1.62 bits per heavy atom. The molecule has 1 N–H and O–H groups in total. The van der Waals surface area contributed by atoms with E-state index in [-0.39, 0.29) is 0 Å². The first kappa shape index (κ1) is 7.19. The molecule has 0 bridgehead atoms. The van der Waals surface area contributed by atoms with Gasteiger partial charge in [0.05, 0.1) is 0 Å². The Hall–Kier alpha value is -0.810. The number of aldehydes is 1. The predicted molar refractivity (Wildman–Crippen MR) is 30.1 cm³/mol. The number of hydrogen-bond acceptors (Lipinski definition) is 2. The van der Waals surface area contributed by atoms with E-state index in [9.17, 15) is 4.79 Å². The van der Waals surface area contributed by atoms with E-state index in [1.807, 2.05) is 0 Å². The molecular formula is C6H8O2. The zero-order valence-electron chi connectivity index (χ0n) is 4.93. The minimum atomic E-state index is -1.04. The van der Waals surface area contributed by atoms with E-state index in [0.29, 0.717) is 6.29 Å². The number of aliphatic hydroxyl groups is 1. The standard InChI is InChI=1S/C6H8O2/c1-6(2,8)4-3-5-7/h5,8H,1-2H3. The smallest absolute Gasteiger partial charge is 0.192 e. The number of carbonyl (C=O) groups excluding carboxylic acids is 1. The molecule has 0 aromatic rings. The summed E-state index contributed by atoms with van der Waals surface area (Å²) in [4.78, 5) is 9.57. The molecule has 0 aromatic heterocycles. The summed E-state index contributed by atoms with van der Waals surface area (Å²) in [5.41, 5.74) is -1.04. The fourth-order valence-corrected chi connectivity index (χ4v) is 0.206. The van der Waals surface area contributed by atoms with E-state index >= 15 is 0 Å². The molecule has 0 heterocycles. The van der Waals surface area contributed by atoms with Crippen molar-refractivity contribution in [2.24, 2.45) is 0 Å². The molecule has 0 fully saturated rings. The summed E-state index contributed by atoms with van der Waals surface area (Å²) in [5.74, 6) is 4.42.